The molecular formula is C20H18F2N2O2S. The molecule has 0 spiro atoms. The Morgan fingerprint density at radius 1 is 0.926 bits per heavy atom. The first-order valence-electron chi connectivity index (χ1n) is 8.27. The van der Waals surface area contributed by atoms with Crippen LogP contribution in [0.5, 0.6) is 0 Å². The predicted molar refractivity (Wildman–Crippen MR) is 98.2 cm³/mol. The third-order valence-electron chi connectivity index (χ3n) is 4.02. The van der Waals surface area contributed by atoms with Gasteiger partial charge in [-0.15, -0.1) is 0 Å². The Kier molecular flexibility index (Phi) is 5.62. The number of benzene rings is 2. The van der Waals surface area contributed by atoms with Crippen LogP contribution in [-0.4, -0.2) is 17.7 Å². The summed E-state index contributed by atoms with van der Waals surface area (Å²) in [4.78, 5) is 3.19. The van der Waals surface area contributed by atoms with Crippen LogP contribution in [0.1, 0.15) is 16.8 Å². The van der Waals surface area contributed by atoms with Gasteiger partial charge in [-0.2, -0.15) is 4.31 Å². The second-order valence-electron chi connectivity index (χ2n) is 6.13. The summed E-state index contributed by atoms with van der Waals surface area (Å²) in [5.41, 5.74) is 2.15. The molecule has 0 radical (unpaired) electrons. The van der Waals surface area contributed by atoms with Gasteiger partial charge in [-0.05, 0) is 36.8 Å². The average molecular weight is 388 g/mol. The fourth-order valence-corrected chi connectivity index (χ4v) is 4.28. The molecule has 0 N–H and O–H groups in total. The number of hydrogen-bond acceptors (Lipinski definition) is 3. The molecule has 0 saturated heterocycles. The smallest absolute Gasteiger partial charge is 0.249 e. The quantitative estimate of drug-likeness (QED) is 0.640. The highest BCUT2D eigenvalue weighted by atomic mass is 32.2. The Labute approximate surface area is 157 Å². The van der Waals surface area contributed by atoms with Gasteiger partial charge in [0.25, 0.3) is 0 Å². The molecule has 0 aliphatic heterocycles. The molecule has 2 aromatic carbocycles. The topological polar surface area (TPSA) is 50.3 Å². The van der Waals surface area contributed by atoms with Crippen LogP contribution in [0.3, 0.4) is 0 Å². The first kappa shape index (κ1) is 19.1. The van der Waals surface area contributed by atoms with Gasteiger partial charge in [0.2, 0.25) is 10.0 Å². The average Bonchev–Trinajstić information content (AvgIpc) is 2.62. The summed E-state index contributed by atoms with van der Waals surface area (Å²) in [5.74, 6) is -2.24. The molecule has 27 heavy (non-hydrogen) atoms. The van der Waals surface area contributed by atoms with Gasteiger partial charge >= 0.3 is 0 Å². The molecule has 140 valence electrons. The lowest BCUT2D eigenvalue weighted by Gasteiger charge is -2.23. The lowest BCUT2D eigenvalue weighted by molar-refractivity contribution is 0.388. The second kappa shape index (κ2) is 7.94. The summed E-state index contributed by atoms with van der Waals surface area (Å²) >= 11 is 0. The zero-order chi connectivity index (χ0) is 19.4. The first-order chi connectivity index (χ1) is 12.9. The van der Waals surface area contributed by atoms with Crippen molar-refractivity contribution in [3.8, 4) is 0 Å². The van der Waals surface area contributed by atoms with Gasteiger partial charge in [0.05, 0.1) is 12.2 Å². The van der Waals surface area contributed by atoms with E-state index in [1.165, 1.54) is 6.20 Å². The van der Waals surface area contributed by atoms with Crippen molar-refractivity contribution in [1.82, 2.24) is 9.29 Å². The molecule has 0 fully saturated rings. The number of aromatic nitrogens is 1. The molecule has 0 unspecified atom stereocenters. The maximum Gasteiger partial charge on any atom is 0.249 e. The van der Waals surface area contributed by atoms with E-state index in [4.69, 9.17) is 0 Å². The van der Waals surface area contributed by atoms with E-state index < -0.39 is 26.6 Å². The molecule has 3 rings (SSSR count). The molecule has 0 bridgehead atoms. The number of hydrogen-bond donors (Lipinski definition) is 0. The Morgan fingerprint density at radius 3 is 2.26 bits per heavy atom. The Morgan fingerprint density at radius 2 is 1.63 bits per heavy atom. The van der Waals surface area contributed by atoms with Crippen LogP contribution in [0.25, 0.3) is 0 Å². The molecule has 7 heteroatoms. The summed E-state index contributed by atoms with van der Waals surface area (Å²) in [6, 6.07) is 15.4. The summed E-state index contributed by atoms with van der Waals surface area (Å²) in [6.07, 6.45) is 1.54. The number of halogens is 2. The molecule has 1 aromatic heterocycles. The highest BCUT2D eigenvalue weighted by molar-refractivity contribution is 7.89. The lowest BCUT2D eigenvalue weighted by atomic mass is 10.1. The van der Waals surface area contributed by atoms with E-state index in [-0.39, 0.29) is 13.1 Å². The van der Waals surface area contributed by atoms with E-state index in [2.05, 4.69) is 4.98 Å². The molecule has 3 aromatic rings. The van der Waals surface area contributed by atoms with Crippen molar-refractivity contribution in [1.29, 1.82) is 0 Å². The van der Waals surface area contributed by atoms with Crippen LogP contribution < -0.4 is 0 Å². The highest BCUT2D eigenvalue weighted by Gasteiger charge is 2.31. The van der Waals surface area contributed by atoms with Crippen molar-refractivity contribution < 1.29 is 17.2 Å². The van der Waals surface area contributed by atoms with Gasteiger partial charge in [0.15, 0.2) is 4.90 Å². The van der Waals surface area contributed by atoms with E-state index in [1.807, 2.05) is 19.1 Å². The number of rotatable bonds is 6. The van der Waals surface area contributed by atoms with Crippen LogP contribution in [0.2, 0.25) is 0 Å². The normalized spacial score (nSPS) is 11.7. The number of aryl methyl sites for hydroxylation is 1. The summed E-state index contributed by atoms with van der Waals surface area (Å²) in [7, 11) is -4.43. The van der Waals surface area contributed by atoms with Gasteiger partial charge in [-0.25, -0.2) is 17.2 Å². The molecule has 1 heterocycles. The van der Waals surface area contributed by atoms with Crippen LogP contribution in [0.15, 0.2) is 71.8 Å². The van der Waals surface area contributed by atoms with E-state index in [0.717, 1.165) is 28.1 Å². The Balaban J connectivity index is 2.05. The molecule has 0 aliphatic rings. The minimum Gasteiger partial charge on any atom is -0.260 e. The first-order valence-corrected chi connectivity index (χ1v) is 9.71. The predicted octanol–water partition coefficient (Wildman–Crippen LogP) is 4.06. The number of pyridine rings is 1. The van der Waals surface area contributed by atoms with Crippen molar-refractivity contribution in [2.75, 3.05) is 0 Å². The van der Waals surface area contributed by atoms with Crippen molar-refractivity contribution in [2.45, 2.75) is 24.9 Å². The summed E-state index contributed by atoms with van der Waals surface area (Å²) in [6.45, 7) is 1.75. The van der Waals surface area contributed by atoms with Crippen molar-refractivity contribution in [3.05, 3.63) is 95.3 Å². The highest BCUT2D eigenvalue weighted by Crippen LogP contribution is 2.25. The molecule has 0 amide bonds. The molecule has 4 nitrogen and oxygen atoms in total. The lowest BCUT2D eigenvalue weighted by Crippen LogP contribution is -2.32. The van der Waals surface area contributed by atoms with Crippen LogP contribution in [0, 0.1) is 18.6 Å². The molecular weight excluding hydrogens is 370 g/mol. The Bertz CT molecular complexity index is 1020. The maximum atomic E-state index is 14.2. The SMILES string of the molecule is Cc1cccc(CN(Cc2ccccn2)S(=O)(=O)c2c(F)cccc2F)c1. The van der Waals surface area contributed by atoms with Crippen LogP contribution in [-0.2, 0) is 23.1 Å². The van der Waals surface area contributed by atoms with Crippen LogP contribution >= 0.6 is 0 Å². The minimum atomic E-state index is -4.43. The maximum absolute atomic E-state index is 14.2. The summed E-state index contributed by atoms with van der Waals surface area (Å²) in [5, 5.41) is 0. The van der Waals surface area contributed by atoms with Gasteiger partial charge in [0.1, 0.15) is 11.6 Å². The van der Waals surface area contributed by atoms with E-state index in [9.17, 15) is 17.2 Å². The van der Waals surface area contributed by atoms with E-state index in [1.54, 1.807) is 30.3 Å². The standard InChI is InChI=1S/C20H18F2N2O2S/c1-15-6-4-7-16(12-15)13-24(14-17-8-2-3-11-23-17)27(25,26)20-18(21)9-5-10-19(20)22/h2-12H,13-14H2,1H3. The largest absolute Gasteiger partial charge is 0.260 e. The minimum absolute atomic E-state index is 0.0334. The van der Waals surface area contributed by atoms with Crippen molar-refractivity contribution >= 4 is 10.0 Å². The molecule has 0 aliphatic carbocycles. The van der Waals surface area contributed by atoms with Gasteiger partial charge < -0.3 is 0 Å². The van der Waals surface area contributed by atoms with Gasteiger partial charge in [0, 0.05) is 12.7 Å². The van der Waals surface area contributed by atoms with E-state index in [0.29, 0.717) is 11.3 Å². The number of nitrogens with zero attached hydrogens (tertiary/aromatic N) is 2. The van der Waals surface area contributed by atoms with Gasteiger partial charge in [-0.3, -0.25) is 4.98 Å². The third-order valence-corrected chi connectivity index (χ3v) is 5.87. The van der Waals surface area contributed by atoms with Gasteiger partial charge in [-0.1, -0.05) is 42.0 Å². The zero-order valence-corrected chi connectivity index (χ0v) is 15.5. The fourth-order valence-electron chi connectivity index (χ4n) is 2.77. The van der Waals surface area contributed by atoms with Crippen molar-refractivity contribution in [2.24, 2.45) is 0 Å². The van der Waals surface area contributed by atoms with Crippen molar-refractivity contribution in [3.63, 3.8) is 0 Å². The number of sulfonamides is 1. The zero-order valence-electron chi connectivity index (χ0n) is 14.6. The monoisotopic (exact) mass is 388 g/mol. The molecule has 0 saturated carbocycles. The third kappa shape index (κ3) is 4.37. The Hall–Kier alpha value is -2.64. The van der Waals surface area contributed by atoms with E-state index >= 15 is 0 Å². The van der Waals surface area contributed by atoms with Crippen LogP contribution in [0.4, 0.5) is 8.78 Å². The summed E-state index contributed by atoms with van der Waals surface area (Å²) < 4.78 is 55.6. The molecule has 0 atom stereocenters. The fraction of sp³-hybridized carbons (Fsp3) is 0.150. The second-order valence-corrected chi connectivity index (χ2v) is 8.01.